The molecule has 0 fully saturated rings. The first kappa shape index (κ1) is 14.9. The van der Waals surface area contributed by atoms with Gasteiger partial charge in [0.15, 0.2) is 11.5 Å². The molecule has 0 spiro atoms. The van der Waals surface area contributed by atoms with E-state index in [-0.39, 0.29) is 6.10 Å². The van der Waals surface area contributed by atoms with Crippen molar-refractivity contribution in [2.75, 3.05) is 19.7 Å². The highest BCUT2D eigenvalue weighted by molar-refractivity contribution is 5.40. The van der Waals surface area contributed by atoms with Gasteiger partial charge in [-0.15, -0.1) is 0 Å². The van der Waals surface area contributed by atoms with Gasteiger partial charge in [-0.3, -0.25) is 4.90 Å². The van der Waals surface area contributed by atoms with Crippen LogP contribution in [0.4, 0.5) is 0 Å². The Hall–Kier alpha value is -2.01. The Morgan fingerprint density at radius 3 is 2.68 bits per heavy atom. The molecule has 5 heteroatoms. The molecule has 2 heterocycles. The Kier molecular flexibility index (Phi) is 4.34. The second-order valence-electron chi connectivity index (χ2n) is 5.63. The lowest BCUT2D eigenvalue weighted by Crippen LogP contribution is -2.40. The molecule has 1 unspecified atom stereocenters. The van der Waals surface area contributed by atoms with Crippen molar-refractivity contribution < 1.29 is 14.0 Å². The molecule has 1 aromatic heterocycles. The van der Waals surface area contributed by atoms with E-state index in [0.29, 0.717) is 6.61 Å². The third-order valence-corrected chi connectivity index (χ3v) is 4.04. The molecule has 3 rings (SSSR count). The molecule has 118 valence electrons. The monoisotopic (exact) mass is 302 g/mol. The van der Waals surface area contributed by atoms with Gasteiger partial charge in [0.05, 0.1) is 5.69 Å². The minimum absolute atomic E-state index is 0.0373. The van der Waals surface area contributed by atoms with Crippen LogP contribution < -0.4 is 9.47 Å². The SMILES string of the molecule is CCN(Cc1c(C)noc1C)CC1COc2ccccc2O1. The van der Waals surface area contributed by atoms with Crippen molar-refractivity contribution in [3.63, 3.8) is 0 Å². The van der Waals surface area contributed by atoms with Crippen LogP contribution in [-0.4, -0.2) is 35.9 Å². The molecule has 0 saturated carbocycles. The van der Waals surface area contributed by atoms with E-state index in [1.807, 2.05) is 38.1 Å². The lowest BCUT2D eigenvalue weighted by Gasteiger charge is -2.30. The summed E-state index contributed by atoms with van der Waals surface area (Å²) in [6, 6.07) is 7.81. The van der Waals surface area contributed by atoms with Crippen molar-refractivity contribution in [3.8, 4) is 11.5 Å². The maximum absolute atomic E-state index is 6.04. The first-order valence-corrected chi connectivity index (χ1v) is 7.70. The smallest absolute Gasteiger partial charge is 0.161 e. The molecule has 1 aliphatic rings. The average molecular weight is 302 g/mol. The van der Waals surface area contributed by atoms with E-state index in [1.54, 1.807) is 0 Å². The Labute approximate surface area is 130 Å². The third kappa shape index (κ3) is 3.09. The minimum atomic E-state index is 0.0373. The van der Waals surface area contributed by atoms with Gasteiger partial charge >= 0.3 is 0 Å². The number of hydrogen-bond acceptors (Lipinski definition) is 5. The van der Waals surface area contributed by atoms with Crippen molar-refractivity contribution in [3.05, 3.63) is 41.3 Å². The van der Waals surface area contributed by atoms with Gasteiger partial charge in [-0.1, -0.05) is 24.2 Å². The van der Waals surface area contributed by atoms with Crippen LogP contribution in [0.2, 0.25) is 0 Å². The number of benzene rings is 1. The fraction of sp³-hybridized carbons (Fsp3) is 0.471. The number of para-hydroxylation sites is 2. The van der Waals surface area contributed by atoms with Crippen LogP contribution in [0.1, 0.15) is 23.9 Å². The largest absolute Gasteiger partial charge is 0.486 e. The number of nitrogens with zero attached hydrogens (tertiary/aromatic N) is 2. The van der Waals surface area contributed by atoms with Crippen molar-refractivity contribution >= 4 is 0 Å². The summed E-state index contributed by atoms with van der Waals surface area (Å²) in [5, 5.41) is 4.02. The van der Waals surface area contributed by atoms with E-state index in [2.05, 4.69) is 17.0 Å². The molecule has 0 N–H and O–H groups in total. The number of aryl methyl sites for hydroxylation is 2. The van der Waals surface area contributed by atoms with Gasteiger partial charge in [-0.25, -0.2) is 0 Å². The predicted octanol–water partition coefficient (Wildman–Crippen LogP) is 2.95. The van der Waals surface area contributed by atoms with Crippen molar-refractivity contribution in [1.29, 1.82) is 0 Å². The zero-order valence-electron chi connectivity index (χ0n) is 13.3. The van der Waals surface area contributed by atoms with E-state index in [0.717, 1.165) is 42.6 Å². The molecule has 2 aromatic rings. The molecule has 0 radical (unpaired) electrons. The molecule has 22 heavy (non-hydrogen) atoms. The van der Waals surface area contributed by atoms with Crippen LogP contribution in [0.5, 0.6) is 11.5 Å². The summed E-state index contributed by atoms with van der Waals surface area (Å²) in [4.78, 5) is 2.33. The normalized spacial score (nSPS) is 17.0. The van der Waals surface area contributed by atoms with Crippen LogP contribution >= 0.6 is 0 Å². The number of hydrogen-bond donors (Lipinski definition) is 0. The quantitative estimate of drug-likeness (QED) is 0.850. The van der Waals surface area contributed by atoms with Gasteiger partial charge in [0.1, 0.15) is 18.5 Å². The fourth-order valence-corrected chi connectivity index (χ4v) is 2.70. The van der Waals surface area contributed by atoms with Gasteiger partial charge in [-0.2, -0.15) is 0 Å². The van der Waals surface area contributed by atoms with Crippen LogP contribution in [0.15, 0.2) is 28.8 Å². The predicted molar refractivity (Wildman–Crippen MR) is 83.3 cm³/mol. The molecular weight excluding hydrogens is 280 g/mol. The van der Waals surface area contributed by atoms with Crippen LogP contribution in [0, 0.1) is 13.8 Å². The van der Waals surface area contributed by atoms with E-state index >= 15 is 0 Å². The summed E-state index contributed by atoms with van der Waals surface area (Å²) in [5.41, 5.74) is 2.13. The number of fused-ring (bicyclic) bond motifs is 1. The van der Waals surface area contributed by atoms with Crippen LogP contribution in [0.25, 0.3) is 0 Å². The highest BCUT2D eigenvalue weighted by Gasteiger charge is 2.23. The van der Waals surface area contributed by atoms with Gasteiger partial charge in [0.25, 0.3) is 0 Å². The van der Waals surface area contributed by atoms with E-state index in [1.165, 1.54) is 5.56 Å². The van der Waals surface area contributed by atoms with E-state index in [4.69, 9.17) is 14.0 Å². The lowest BCUT2D eigenvalue weighted by atomic mass is 10.2. The Morgan fingerprint density at radius 1 is 1.23 bits per heavy atom. The number of likely N-dealkylation sites (N-methyl/N-ethyl adjacent to an activating group) is 1. The minimum Gasteiger partial charge on any atom is -0.486 e. The van der Waals surface area contributed by atoms with Crippen LogP contribution in [0.3, 0.4) is 0 Å². The Bertz CT molecular complexity index is 619. The summed E-state index contributed by atoms with van der Waals surface area (Å²) in [6.45, 7) is 9.24. The number of rotatable bonds is 5. The standard InChI is InChI=1S/C17H22N2O3/c1-4-19(10-15-12(2)18-22-13(15)3)9-14-11-20-16-7-5-6-8-17(16)21-14/h5-8,14H,4,9-11H2,1-3H3. The summed E-state index contributed by atoms with van der Waals surface area (Å²) < 4.78 is 17.1. The highest BCUT2D eigenvalue weighted by atomic mass is 16.6. The second kappa shape index (κ2) is 6.40. The topological polar surface area (TPSA) is 47.7 Å². The Morgan fingerprint density at radius 2 is 2.00 bits per heavy atom. The number of ether oxygens (including phenoxy) is 2. The first-order valence-electron chi connectivity index (χ1n) is 7.70. The van der Waals surface area contributed by atoms with Crippen LogP contribution in [-0.2, 0) is 6.54 Å². The molecular formula is C17H22N2O3. The summed E-state index contributed by atoms with van der Waals surface area (Å²) in [5.74, 6) is 2.54. The average Bonchev–Trinajstić information content (AvgIpc) is 2.86. The van der Waals surface area contributed by atoms with Crippen molar-refractivity contribution in [2.45, 2.75) is 33.4 Å². The maximum atomic E-state index is 6.04. The summed E-state index contributed by atoms with van der Waals surface area (Å²) in [6.07, 6.45) is 0.0373. The summed E-state index contributed by atoms with van der Waals surface area (Å²) in [7, 11) is 0. The van der Waals surface area contributed by atoms with Gasteiger partial charge < -0.3 is 14.0 Å². The molecule has 0 amide bonds. The van der Waals surface area contributed by atoms with Gasteiger partial charge in [0.2, 0.25) is 0 Å². The zero-order chi connectivity index (χ0) is 15.5. The van der Waals surface area contributed by atoms with Crippen molar-refractivity contribution in [1.82, 2.24) is 10.1 Å². The Balaban J connectivity index is 1.64. The van der Waals surface area contributed by atoms with Crippen molar-refractivity contribution in [2.24, 2.45) is 0 Å². The maximum Gasteiger partial charge on any atom is 0.161 e. The molecule has 0 bridgehead atoms. The van der Waals surface area contributed by atoms with E-state index < -0.39 is 0 Å². The fourth-order valence-electron chi connectivity index (χ4n) is 2.70. The lowest BCUT2D eigenvalue weighted by molar-refractivity contribution is 0.0578. The molecule has 1 atom stereocenters. The second-order valence-corrected chi connectivity index (χ2v) is 5.63. The van der Waals surface area contributed by atoms with Gasteiger partial charge in [-0.05, 0) is 32.5 Å². The zero-order valence-corrected chi connectivity index (χ0v) is 13.3. The molecule has 0 aliphatic carbocycles. The summed E-state index contributed by atoms with van der Waals surface area (Å²) >= 11 is 0. The van der Waals surface area contributed by atoms with E-state index in [9.17, 15) is 0 Å². The third-order valence-electron chi connectivity index (χ3n) is 4.04. The molecule has 1 aromatic carbocycles. The number of aromatic nitrogens is 1. The molecule has 5 nitrogen and oxygen atoms in total. The van der Waals surface area contributed by atoms with Gasteiger partial charge in [0, 0.05) is 18.7 Å². The highest BCUT2D eigenvalue weighted by Crippen LogP contribution is 2.31. The molecule has 0 saturated heterocycles. The first-order chi connectivity index (χ1) is 10.7. The molecule has 1 aliphatic heterocycles.